The molecule has 1 fully saturated rings. The van der Waals surface area contributed by atoms with Crippen LogP contribution in [0.15, 0.2) is 65.6 Å². The zero-order chi connectivity index (χ0) is 30.2. The predicted octanol–water partition coefficient (Wildman–Crippen LogP) is 6.72. The van der Waals surface area contributed by atoms with E-state index < -0.39 is 22.0 Å². The first-order valence-electron chi connectivity index (χ1n) is 15.6. The van der Waals surface area contributed by atoms with Crippen LogP contribution in [0.2, 0.25) is 0 Å². The molecule has 0 aliphatic carbocycles. The second-order valence-electron chi connectivity index (χ2n) is 11.2. The number of rotatable bonds is 18. The Morgan fingerprint density at radius 3 is 2.29 bits per heavy atom. The highest BCUT2D eigenvalue weighted by Crippen LogP contribution is 2.29. The summed E-state index contributed by atoms with van der Waals surface area (Å²) in [6, 6.07) is 14.7. The molecule has 0 bridgehead atoms. The molecule has 0 radical (unpaired) electrons. The van der Waals surface area contributed by atoms with Gasteiger partial charge in [0.25, 0.3) is 15.9 Å². The summed E-state index contributed by atoms with van der Waals surface area (Å²) in [7, 11) is -3.90. The number of aryl methyl sites for hydroxylation is 1. The van der Waals surface area contributed by atoms with E-state index in [0.717, 1.165) is 75.5 Å². The first-order chi connectivity index (χ1) is 20.3. The van der Waals surface area contributed by atoms with Gasteiger partial charge in [0, 0.05) is 0 Å². The third kappa shape index (κ3) is 11.4. The van der Waals surface area contributed by atoms with Crippen LogP contribution in [0.25, 0.3) is 0 Å². The lowest BCUT2D eigenvalue weighted by Gasteiger charge is -2.18. The van der Waals surface area contributed by atoms with Gasteiger partial charge in [0.15, 0.2) is 0 Å². The molecule has 1 amide bonds. The first kappa shape index (κ1) is 33.5. The highest BCUT2D eigenvalue weighted by atomic mass is 32.2. The molecule has 230 valence electrons. The number of amides is 1. The van der Waals surface area contributed by atoms with Gasteiger partial charge in [-0.25, -0.2) is 13.1 Å². The van der Waals surface area contributed by atoms with Crippen molar-refractivity contribution in [3.63, 3.8) is 0 Å². The Hall–Kier alpha value is -2.97. The Kier molecular flexibility index (Phi) is 14.3. The molecule has 0 aromatic heterocycles. The summed E-state index contributed by atoms with van der Waals surface area (Å²) in [4.78, 5) is 24.5. The molecule has 1 aliphatic heterocycles. The third-order valence-electron chi connectivity index (χ3n) is 7.89. The smallest absolute Gasteiger partial charge is 0.309 e. The highest BCUT2D eigenvalue weighted by molar-refractivity contribution is 7.90. The lowest BCUT2D eigenvalue weighted by Crippen LogP contribution is -2.43. The van der Waals surface area contributed by atoms with Crippen LogP contribution in [-0.2, 0) is 37.4 Å². The quantitative estimate of drug-likeness (QED) is 0.113. The number of hydrogen-bond acceptors (Lipinski definition) is 6. The van der Waals surface area contributed by atoms with Crippen molar-refractivity contribution in [3.8, 4) is 0 Å². The standard InChI is InChI=1S/C34H48N2O5S/c1-3-5-9-13-29(30-21-23-31(24-22-30)42(39,40)36-34(38)32-15-12-25-35-32)14-10-7-6-8-11-16-33(37)41-26-28-19-17-27(4-2)18-20-28/h8,11,17-24,29,32,35H,3-7,9-10,12-16,25-26H2,1-2H3,(H,36,38)/b11-8+. The van der Waals surface area contributed by atoms with Crippen LogP contribution in [0.1, 0.15) is 107 Å². The van der Waals surface area contributed by atoms with Gasteiger partial charge in [-0.2, -0.15) is 0 Å². The van der Waals surface area contributed by atoms with Crippen LogP contribution in [0.3, 0.4) is 0 Å². The molecule has 2 unspecified atom stereocenters. The van der Waals surface area contributed by atoms with Crippen LogP contribution in [0.4, 0.5) is 0 Å². The van der Waals surface area contributed by atoms with E-state index in [1.807, 2.05) is 30.3 Å². The maximum atomic E-state index is 12.8. The molecule has 0 spiro atoms. The second-order valence-corrected chi connectivity index (χ2v) is 12.9. The Balaban J connectivity index is 1.42. The van der Waals surface area contributed by atoms with Crippen LogP contribution < -0.4 is 10.0 Å². The highest BCUT2D eigenvalue weighted by Gasteiger charge is 2.27. The average molecular weight is 597 g/mol. The van der Waals surface area contributed by atoms with E-state index in [4.69, 9.17) is 4.74 Å². The number of nitrogens with one attached hydrogen (secondary N) is 2. The van der Waals surface area contributed by atoms with Crippen molar-refractivity contribution in [2.24, 2.45) is 0 Å². The van der Waals surface area contributed by atoms with Crippen molar-refractivity contribution in [2.75, 3.05) is 6.54 Å². The summed E-state index contributed by atoms with van der Waals surface area (Å²) in [5.74, 6) is -0.351. The van der Waals surface area contributed by atoms with E-state index in [9.17, 15) is 18.0 Å². The van der Waals surface area contributed by atoms with Crippen molar-refractivity contribution in [2.45, 2.75) is 114 Å². The Morgan fingerprint density at radius 1 is 0.952 bits per heavy atom. The zero-order valence-corrected chi connectivity index (χ0v) is 26.1. The van der Waals surface area contributed by atoms with E-state index >= 15 is 0 Å². The number of carbonyl (C=O) groups excluding carboxylic acids is 2. The van der Waals surface area contributed by atoms with E-state index in [1.54, 1.807) is 12.1 Å². The van der Waals surface area contributed by atoms with Crippen LogP contribution in [0.5, 0.6) is 0 Å². The lowest BCUT2D eigenvalue weighted by molar-refractivity contribution is -0.143. The number of carbonyl (C=O) groups is 2. The minimum Gasteiger partial charge on any atom is -0.461 e. The molecular formula is C34H48N2O5S. The van der Waals surface area contributed by atoms with E-state index in [-0.39, 0.29) is 17.3 Å². The number of allylic oxidation sites excluding steroid dienone is 1. The monoisotopic (exact) mass is 596 g/mol. The van der Waals surface area contributed by atoms with Gasteiger partial charge < -0.3 is 10.1 Å². The molecule has 8 heteroatoms. The van der Waals surface area contributed by atoms with Gasteiger partial charge in [0.05, 0.1) is 17.4 Å². The molecule has 1 aliphatic rings. The van der Waals surface area contributed by atoms with Gasteiger partial charge in [0.1, 0.15) is 6.61 Å². The third-order valence-corrected chi connectivity index (χ3v) is 9.25. The Bertz CT molecular complexity index is 1230. The number of benzene rings is 2. The fourth-order valence-corrected chi connectivity index (χ4v) is 6.27. The van der Waals surface area contributed by atoms with Gasteiger partial charge in [-0.05, 0) is 86.2 Å². The molecule has 7 nitrogen and oxygen atoms in total. The molecule has 2 atom stereocenters. The first-order valence-corrected chi connectivity index (χ1v) is 17.1. The molecule has 2 aromatic carbocycles. The number of unbranched alkanes of at least 4 members (excludes halogenated alkanes) is 4. The second kappa shape index (κ2) is 17.9. The van der Waals surface area contributed by atoms with E-state index in [2.05, 4.69) is 42.1 Å². The van der Waals surface area contributed by atoms with Crippen molar-refractivity contribution in [3.05, 3.63) is 77.4 Å². The minimum atomic E-state index is -3.90. The van der Waals surface area contributed by atoms with Crippen LogP contribution >= 0.6 is 0 Å². The van der Waals surface area contributed by atoms with Gasteiger partial charge in [-0.1, -0.05) is 88.1 Å². The molecule has 2 N–H and O–H groups in total. The summed E-state index contributed by atoms with van der Waals surface area (Å²) in [5.41, 5.74) is 3.40. The maximum absolute atomic E-state index is 12.8. The van der Waals surface area contributed by atoms with Gasteiger partial charge >= 0.3 is 5.97 Å². The minimum absolute atomic E-state index is 0.114. The number of hydrogen-bond donors (Lipinski definition) is 2. The largest absolute Gasteiger partial charge is 0.461 e. The Labute approximate surface area is 252 Å². The predicted molar refractivity (Wildman–Crippen MR) is 168 cm³/mol. The topological polar surface area (TPSA) is 102 Å². The number of ether oxygens (including phenoxy) is 1. The summed E-state index contributed by atoms with van der Waals surface area (Å²) >= 11 is 0. The van der Waals surface area contributed by atoms with Crippen LogP contribution in [-0.4, -0.2) is 32.9 Å². The molecule has 0 saturated carbocycles. The molecule has 42 heavy (non-hydrogen) atoms. The fraction of sp³-hybridized carbons (Fsp3) is 0.529. The Morgan fingerprint density at radius 2 is 1.64 bits per heavy atom. The average Bonchev–Trinajstić information content (AvgIpc) is 3.54. The molecule has 2 aromatic rings. The SMILES string of the molecule is CCCCCC(CCCC/C=C/CC(=O)OCc1ccc(CC)cc1)c1ccc(S(=O)(=O)NC(=O)C2CCCN2)cc1. The van der Waals surface area contributed by atoms with Gasteiger partial charge in [0.2, 0.25) is 0 Å². The molecule has 1 saturated heterocycles. The van der Waals surface area contributed by atoms with Crippen molar-refractivity contribution >= 4 is 21.9 Å². The van der Waals surface area contributed by atoms with Crippen molar-refractivity contribution < 1.29 is 22.7 Å². The van der Waals surface area contributed by atoms with E-state index in [1.165, 1.54) is 12.0 Å². The van der Waals surface area contributed by atoms with Crippen molar-refractivity contribution in [1.82, 2.24) is 10.0 Å². The summed E-state index contributed by atoms with van der Waals surface area (Å²) in [6.07, 6.45) is 15.2. The summed E-state index contributed by atoms with van der Waals surface area (Å²) in [5, 5.41) is 3.03. The molecule has 3 rings (SSSR count). The molecular weight excluding hydrogens is 548 g/mol. The van der Waals surface area contributed by atoms with Gasteiger partial charge in [-0.15, -0.1) is 0 Å². The lowest BCUT2D eigenvalue weighted by atomic mass is 9.88. The number of sulfonamides is 1. The maximum Gasteiger partial charge on any atom is 0.309 e. The van der Waals surface area contributed by atoms with Crippen molar-refractivity contribution in [1.29, 1.82) is 0 Å². The molecule has 1 heterocycles. The van der Waals surface area contributed by atoms with E-state index in [0.29, 0.717) is 18.9 Å². The summed E-state index contributed by atoms with van der Waals surface area (Å²) < 4.78 is 33.1. The van der Waals surface area contributed by atoms with Gasteiger partial charge in [-0.3, -0.25) is 9.59 Å². The summed E-state index contributed by atoms with van der Waals surface area (Å²) in [6.45, 7) is 5.33. The fourth-order valence-electron chi connectivity index (χ4n) is 5.25. The van der Waals surface area contributed by atoms with Crippen LogP contribution in [0, 0.1) is 0 Å². The normalized spacial score (nSPS) is 16.0. The number of esters is 1. The zero-order valence-electron chi connectivity index (χ0n) is 25.3.